The topological polar surface area (TPSA) is 106 Å². The summed E-state index contributed by atoms with van der Waals surface area (Å²) >= 11 is 3.55. The Morgan fingerprint density at radius 3 is 2.45 bits per heavy atom. The van der Waals surface area contributed by atoms with E-state index in [0.717, 1.165) is 46.4 Å². The first-order chi connectivity index (χ1) is 15.6. The Labute approximate surface area is 202 Å². The number of benzene rings is 1. The lowest BCUT2D eigenvalue weighted by Gasteiger charge is -2.39. The van der Waals surface area contributed by atoms with Gasteiger partial charge in [-0.3, -0.25) is 9.59 Å². The lowest BCUT2D eigenvalue weighted by Crippen LogP contribution is -2.46. The number of nitrogens with zero attached hydrogens (tertiary/aromatic N) is 2. The van der Waals surface area contributed by atoms with Gasteiger partial charge in [-0.2, -0.15) is 0 Å². The van der Waals surface area contributed by atoms with Crippen LogP contribution in [0.5, 0.6) is 0 Å². The number of hydrogen-bond acceptors (Lipinski definition) is 4. The third kappa shape index (κ3) is 5.58. The van der Waals surface area contributed by atoms with Crippen LogP contribution in [0.1, 0.15) is 52.5 Å². The molecule has 0 bridgehead atoms. The zero-order valence-electron chi connectivity index (χ0n) is 19.5. The summed E-state index contributed by atoms with van der Waals surface area (Å²) in [6.07, 6.45) is 0.600. The van der Waals surface area contributed by atoms with Crippen molar-refractivity contribution in [3.05, 3.63) is 61.0 Å². The van der Waals surface area contributed by atoms with Crippen LogP contribution in [0.3, 0.4) is 0 Å². The van der Waals surface area contributed by atoms with Crippen molar-refractivity contribution in [3.8, 4) is 0 Å². The Hall–Kier alpha value is -2.81. The van der Waals surface area contributed by atoms with Crippen LogP contribution in [0.2, 0.25) is 0 Å². The van der Waals surface area contributed by atoms with Gasteiger partial charge < -0.3 is 25.2 Å². The van der Waals surface area contributed by atoms with Gasteiger partial charge in [0.15, 0.2) is 0 Å². The van der Waals surface area contributed by atoms with Crippen molar-refractivity contribution in [2.45, 2.75) is 53.1 Å². The molecule has 0 unspecified atom stereocenters. The second-order valence-corrected chi connectivity index (χ2v) is 9.43. The third-order valence-electron chi connectivity index (χ3n) is 6.34. The fourth-order valence-electron chi connectivity index (χ4n) is 4.56. The van der Waals surface area contributed by atoms with Crippen LogP contribution in [-0.4, -0.2) is 52.7 Å². The number of carboxylic acid groups (broad SMARTS) is 1. The monoisotopic (exact) mass is 518 g/mol. The van der Waals surface area contributed by atoms with Gasteiger partial charge in [-0.05, 0) is 69.9 Å². The maximum atomic E-state index is 13.1. The highest BCUT2D eigenvalue weighted by molar-refractivity contribution is 9.10. The number of likely N-dealkylation sites (tertiary alicyclic amines) is 1. The average Bonchev–Trinajstić information content (AvgIpc) is 2.75. The van der Waals surface area contributed by atoms with Crippen LogP contribution in [0, 0.1) is 20.8 Å². The Morgan fingerprint density at radius 1 is 1.21 bits per heavy atom. The molecule has 8 nitrogen and oxygen atoms in total. The predicted octanol–water partition coefficient (Wildman–Crippen LogP) is 3.96. The standard InChI is InChI=1S/C24H31BrN4O4/c1-5-29(18-6-8-28(9-7-18)24(32)33)21-12-17(25)11-19(16(21)4)22(30)26-13-20-14(2)10-15(3)27-23(20)31/h10-12,18H,5-9,13H2,1-4H3,(H,26,30)(H,27,31)(H,32,33). The molecular formula is C24H31BrN4O4. The fraction of sp³-hybridized carbons (Fsp3) is 0.458. The highest BCUT2D eigenvalue weighted by Crippen LogP contribution is 2.32. The number of nitrogens with one attached hydrogen (secondary N) is 2. The minimum atomic E-state index is -0.878. The van der Waals surface area contributed by atoms with Crippen LogP contribution in [0.25, 0.3) is 0 Å². The summed E-state index contributed by atoms with van der Waals surface area (Å²) in [6, 6.07) is 5.89. The number of carbonyl (C=O) groups is 2. The van der Waals surface area contributed by atoms with Crippen molar-refractivity contribution >= 4 is 33.6 Å². The highest BCUT2D eigenvalue weighted by Gasteiger charge is 2.28. The zero-order chi connectivity index (χ0) is 24.3. The van der Waals surface area contributed by atoms with Gasteiger partial charge in [0.1, 0.15) is 0 Å². The van der Waals surface area contributed by atoms with Crippen LogP contribution in [-0.2, 0) is 6.54 Å². The largest absolute Gasteiger partial charge is 0.465 e. The number of piperidine rings is 1. The zero-order valence-corrected chi connectivity index (χ0v) is 21.1. The average molecular weight is 519 g/mol. The quantitative estimate of drug-likeness (QED) is 0.536. The van der Waals surface area contributed by atoms with E-state index in [2.05, 4.69) is 38.1 Å². The van der Waals surface area contributed by atoms with Gasteiger partial charge >= 0.3 is 6.09 Å². The summed E-state index contributed by atoms with van der Waals surface area (Å²) in [7, 11) is 0. The minimum Gasteiger partial charge on any atom is -0.465 e. The van der Waals surface area contributed by atoms with E-state index in [-0.39, 0.29) is 24.1 Å². The first-order valence-corrected chi connectivity index (χ1v) is 11.9. The molecule has 1 saturated heterocycles. The summed E-state index contributed by atoms with van der Waals surface area (Å²) in [5, 5.41) is 12.1. The van der Waals surface area contributed by atoms with Gasteiger partial charge in [0.2, 0.25) is 0 Å². The third-order valence-corrected chi connectivity index (χ3v) is 6.79. The van der Waals surface area contributed by atoms with E-state index in [0.29, 0.717) is 24.2 Å². The van der Waals surface area contributed by atoms with Gasteiger partial charge in [0.05, 0.1) is 0 Å². The first kappa shape index (κ1) is 24.8. The lowest BCUT2D eigenvalue weighted by atomic mass is 9.99. The van der Waals surface area contributed by atoms with Crippen LogP contribution in [0.4, 0.5) is 10.5 Å². The number of aromatic nitrogens is 1. The van der Waals surface area contributed by atoms with Gasteiger partial charge in [0, 0.05) is 59.2 Å². The number of amides is 2. The molecule has 178 valence electrons. The molecule has 0 spiro atoms. The Kier molecular flexibility index (Phi) is 7.84. The molecular weight excluding hydrogens is 488 g/mol. The number of carbonyl (C=O) groups excluding carboxylic acids is 1. The minimum absolute atomic E-state index is 0.146. The molecule has 2 heterocycles. The second kappa shape index (κ2) is 10.4. The van der Waals surface area contributed by atoms with Crippen LogP contribution >= 0.6 is 15.9 Å². The number of rotatable bonds is 6. The highest BCUT2D eigenvalue weighted by atomic mass is 79.9. The van der Waals surface area contributed by atoms with Gasteiger partial charge in [0.25, 0.3) is 11.5 Å². The summed E-state index contributed by atoms with van der Waals surface area (Å²) in [5.74, 6) is -0.244. The van der Waals surface area contributed by atoms with Gasteiger partial charge in [-0.1, -0.05) is 15.9 Å². The molecule has 1 aromatic carbocycles. The molecule has 1 aromatic heterocycles. The number of aryl methyl sites for hydroxylation is 2. The van der Waals surface area contributed by atoms with E-state index in [1.807, 2.05) is 32.9 Å². The maximum absolute atomic E-state index is 13.1. The molecule has 0 saturated carbocycles. The number of hydrogen-bond donors (Lipinski definition) is 3. The molecule has 1 aliphatic heterocycles. The van der Waals surface area contributed by atoms with Crippen molar-refractivity contribution in [2.75, 3.05) is 24.5 Å². The molecule has 2 amide bonds. The van der Waals surface area contributed by atoms with E-state index in [4.69, 9.17) is 0 Å². The molecule has 0 atom stereocenters. The van der Waals surface area contributed by atoms with E-state index < -0.39 is 6.09 Å². The molecule has 3 N–H and O–H groups in total. The van der Waals surface area contributed by atoms with Gasteiger partial charge in [-0.15, -0.1) is 0 Å². The molecule has 1 aliphatic rings. The smallest absolute Gasteiger partial charge is 0.407 e. The SMILES string of the molecule is CCN(c1cc(Br)cc(C(=O)NCc2c(C)cc(C)[nH]c2=O)c1C)C1CCN(C(=O)O)CC1. The molecule has 0 radical (unpaired) electrons. The summed E-state index contributed by atoms with van der Waals surface area (Å²) < 4.78 is 0.791. The summed E-state index contributed by atoms with van der Waals surface area (Å²) in [5.41, 5.74) is 4.33. The Balaban J connectivity index is 1.82. The van der Waals surface area contributed by atoms with Crippen molar-refractivity contribution in [1.82, 2.24) is 15.2 Å². The maximum Gasteiger partial charge on any atom is 0.407 e. The van der Waals surface area contributed by atoms with E-state index in [1.165, 1.54) is 4.90 Å². The van der Waals surface area contributed by atoms with Crippen molar-refractivity contribution in [1.29, 1.82) is 0 Å². The Morgan fingerprint density at radius 2 is 1.88 bits per heavy atom. The molecule has 9 heteroatoms. The van der Waals surface area contributed by atoms with E-state index >= 15 is 0 Å². The predicted molar refractivity (Wildman–Crippen MR) is 132 cm³/mol. The number of anilines is 1. The molecule has 0 aliphatic carbocycles. The normalized spacial score (nSPS) is 14.3. The second-order valence-electron chi connectivity index (χ2n) is 8.51. The van der Waals surface area contributed by atoms with E-state index in [1.54, 1.807) is 6.07 Å². The summed E-state index contributed by atoms with van der Waals surface area (Å²) in [6.45, 7) is 9.57. The number of H-pyrrole nitrogens is 1. The molecule has 33 heavy (non-hydrogen) atoms. The number of aromatic amines is 1. The molecule has 3 rings (SSSR count). The van der Waals surface area contributed by atoms with Crippen LogP contribution < -0.4 is 15.8 Å². The lowest BCUT2D eigenvalue weighted by molar-refractivity contribution is 0.0949. The van der Waals surface area contributed by atoms with Crippen molar-refractivity contribution in [2.24, 2.45) is 0 Å². The molecule has 1 fully saturated rings. The van der Waals surface area contributed by atoms with Crippen LogP contribution in [0.15, 0.2) is 27.5 Å². The van der Waals surface area contributed by atoms with Crippen molar-refractivity contribution < 1.29 is 14.7 Å². The number of pyridine rings is 1. The molecule has 2 aromatic rings. The van der Waals surface area contributed by atoms with Crippen molar-refractivity contribution in [3.63, 3.8) is 0 Å². The fourth-order valence-corrected chi connectivity index (χ4v) is 5.00. The number of halogens is 1. The first-order valence-electron chi connectivity index (χ1n) is 11.1. The van der Waals surface area contributed by atoms with E-state index in [9.17, 15) is 19.5 Å². The summed E-state index contributed by atoms with van der Waals surface area (Å²) in [4.78, 5) is 43.1. The Bertz CT molecular complexity index is 1110. The van der Waals surface area contributed by atoms with Gasteiger partial charge in [-0.25, -0.2) is 4.79 Å².